The van der Waals surface area contributed by atoms with Crippen molar-refractivity contribution in [1.82, 2.24) is 5.32 Å². The maximum atomic E-state index is 11.5. The van der Waals surface area contributed by atoms with E-state index in [4.69, 9.17) is 23.2 Å². The summed E-state index contributed by atoms with van der Waals surface area (Å²) in [5, 5.41) is 22.1. The van der Waals surface area contributed by atoms with E-state index in [1.54, 1.807) is 12.1 Å². The van der Waals surface area contributed by atoms with E-state index in [1.165, 1.54) is 0 Å². The van der Waals surface area contributed by atoms with Gasteiger partial charge in [0.1, 0.15) is 6.10 Å². The summed E-state index contributed by atoms with van der Waals surface area (Å²) in [6.45, 7) is -0.437. The van der Waals surface area contributed by atoms with E-state index in [-0.39, 0.29) is 0 Å². The van der Waals surface area contributed by atoms with Crippen molar-refractivity contribution in [3.05, 3.63) is 60.2 Å². The van der Waals surface area contributed by atoms with E-state index in [0.29, 0.717) is 5.56 Å². The highest BCUT2D eigenvalue weighted by molar-refractivity contribution is 6.53. The number of halogens is 2. The van der Waals surface area contributed by atoms with Gasteiger partial charge in [0.25, 0.3) is 5.91 Å². The summed E-state index contributed by atoms with van der Waals surface area (Å²) in [5.41, 5.74) is 2.64. The number of hydrogen-bond donors (Lipinski definition) is 3. The zero-order valence-electron chi connectivity index (χ0n) is 12.2. The Balaban J connectivity index is 2.12. The second kappa shape index (κ2) is 8.31. The number of rotatable bonds is 6. The Bertz CT molecular complexity index is 632. The second-order valence-corrected chi connectivity index (χ2v) is 6.13. The third kappa shape index (κ3) is 4.69. The van der Waals surface area contributed by atoms with Gasteiger partial charge in [0.2, 0.25) is 0 Å². The summed E-state index contributed by atoms with van der Waals surface area (Å²) < 4.78 is 0. The van der Waals surface area contributed by atoms with Crippen molar-refractivity contribution in [3.8, 4) is 11.1 Å². The van der Waals surface area contributed by atoms with Crippen molar-refractivity contribution in [3.63, 3.8) is 0 Å². The summed E-state index contributed by atoms with van der Waals surface area (Å²) in [7, 11) is 0. The number of hydrogen-bond acceptors (Lipinski definition) is 3. The first kappa shape index (κ1) is 17.8. The summed E-state index contributed by atoms with van der Waals surface area (Å²) in [6, 6.07) is 16.2. The summed E-state index contributed by atoms with van der Waals surface area (Å²) in [4.78, 5) is 10.2. The molecule has 4 nitrogen and oxygen atoms in total. The van der Waals surface area contributed by atoms with Gasteiger partial charge in [0.05, 0.1) is 12.6 Å². The van der Waals surface area contributed by atoms with Crippen molar-refractivity contribution < 1.29 is 15.0 Å². The number of carbonyl (C=O) groups excluding carboxylic acids is 1. The minimum Gasteiger partial charge on any atom is -0.394 e. The van der Waals surface area contributed by atoms with Crippen LogP contribution in [-0.4, -0.2) is 33.6 Å². The molecule has 0 fully saturated rings. The molecule has 2 atom stereocenters. The third-order valence-electron chi connectivity index (χ3n) is 3.46. The molecule has 0 saturated heterocycles. The number of benzene rings is 2. The van der Waals surface area contributed by atoms with Crippen molar-refractivity contribution in [2.45, 2.75) is 17.0 Å². The molecule has 2 rings (SSSR count). The van der Waals surface area contributed by atoms with E-state index >= 15 is 0 Å². The average molecular weight is 354 g/mol. The van der Waals surface area contributed by atoms with E-state index in [0.717, 1.165) is 11.1 Å². The average Bonchev–Trinajstić information content (AvgIpc) is 2.59. The smallest absolute Gasteiger partial charge is 0.253 e. The van der Waals surface area contributed by atoms with Gasteiger partial charge in [0.15, 0.2) is 4.84 Å². The Kier molecular flexibility index (Phi) is 6.42. The van der Waals surface area contributed by atoms with Gasteiger partial charge in [-0.15, -0.1) is 0 Å². The molecule has 0 spiro atoms. The van der Waals surface area contributed by atoms with Gasteiger partial charge >= 0.3 is 0 Å². The predicted molar refractivity (Wildman–Crippen MR) is 91.3 cm³/mol. The lowest BCUT2D eigenvalue weighted by Gasteiger charge is -2.23. The fourth-order valence-corrected chi connectivity index (χ4v) is 2.33. The molecule has 0 radical (unpaired) electrons. The number of aliphatic hydroxyl groups is 2. The van der Waals surface area contributed by atoms with Crippen LogP contribution in [0.15, 0.2) is 54.6 Å². The second-order valence-electron chi connectivity index (χ2n) is 5.03. The standard InChI is InChI=1S/C17H17Cl2NO3/c18-16(19)17(23)20-14(10-21)15(22)13-8-6-12(7-9-13)11-4-2-1-3-5-11/h1-9,14-16,21-22H,10H2,(H,20,23). The lowest BCUT2D eigenvalue weighted by atomic mass is 9.99. The summed E-state index contributed by atoms with van der Waals surface area (Å²) in [6.07, 6.45) is -1.07. The Hall–Kier alpha value is -1.59. The minimum atomic E-state index is -1.25. The van der Waals surface area contributed by atoms with Crippen molar-refractivity contribution in [2.24, 2.45) is 0 Å². The lowest BCUT2D eigenvalue weighted by Crippen LogP contribution is -2.44. The fraction of sp³-hybridized carbons (Fsp3) is 0.235. The van der Waals surface area contributed by atoms with Crippen LogP contribution >= 0.6 is 23.2 Å². The normalized spacial score (nSPS) is 13.6. The number of alkyl halides is 2. The maximum absolute atomic E-state index is 11.5. The van der Waals surface area contributed by atoms with Gasteiger partial charge in [-0.05, 0) is 16.7 Å². The summed E-state index contributed by atoms with van der Waals surface area (Å²) >= 11 is 10.9. The molecule has 0 aliphatic heterocycles. The topological polar surface area (TPSA) is 69.6 Å². The van der Waals surface area contributed by atoms with Crippen LogP contribution in [0.1, 0.15) is 11.7 Å². The first-order chi connectivity index (χ1) is 11.0. The SMILES string of the molecule is O=C(NC(CO)C(O)c1ccc(-c2ccccc2)cc1)C(Cl)Cl. The zero-order chi connectivity index (χ0) is 16.8. The van der Waals surface area contributed by atoms with Crippen LogP contribution < -0.4 is 5.32 Å². The van der Waals surface area contributed by atoms with E-state index in [9.17, 15) is 15.0 Å². The predicted octanol–water partition coefficient (Wildman–Crippen LogP) is 2.67. The molecule has 2 aromatic carbocycles. The first-order valence-electron chi connectivity index (χ1n) is 7.05. The molecule has 0 saturated carbocycles. The molecule has 6 heteroatoms. The van der Waals surface area contributed by atoms with Crippen LogP contribution in [0, 0.1) is 0 Å². The number of carbonyl (C=O) groups is 1. The zero-order valence-corrected chi connectivity index (χ0v) is 13.7. The molecule has 23 heavy (non-hydrogen) atoms. The highest BCUT2D eigenvalue weighted by Crippen LogP contribution is 2.23. The molecule has 2 aromatic rings. The maximum Gasteiger partial charge on any atom is 0.253 e. The van der Waals surface area contributed by atoms with Crippen LogP contribution in [-0.2, 0) is 4.79 Å². The Morgan fingerprint density at radius 3 is 2.09 bits per heavy atom. The Morgan fingerprint density at radius 1 is 1.00 bits per heavy atom. The van der Waals surface area contributed by atoms with E-state index in [2.05, 4.69) is 5.32 Å². The fourth-order valence-electron chi connectivity index (χ4n) is 2.21. The molecular weight excluding hydrogens is 337 g/mol. The molecule has 0 heterocycles. The van der Waals surface area contributed by atoms with Gasteiger partial charge in [-0.3, -0.25) is 4.79 Å². The lowest BCUT2D eigenvalue weighted by molar-refractivity contribution is -0.121. The van der Waals surface area contributed by atoms with Gasteiger partial charge in [-0.25, -0.2) is 0 Å². The molecule has 0 aromatic heterocycles. The third-order valence-corrected chi connectivity index (χ3v) is 3.86. The Labute approximate surface area is 144 Å². The highest BCUT2D eigenvalue weighted by atomic mass is 35.5. The highest BCUT2D eigenvalue weighted by Gasteiger charge is 2.24. The van der Waals surface area contributed by atoms with Gasteiger partial charge in [-0.2, -0.15) is 0 Å². The number of nitrogens with one attached hydrogen (secondary N) is 1. The molecule has 2 unspecified atom stereocenters. The minimum absolute atomic E-state index is 0.437. The molecule has 122 valence electrons. The monoisotopic (exact) mass is 353 g/mol. The van der Waals surface area contributed by atoms with Crippen LogP contribution in [0.4, 0.5) is 0 Å². The van der Waals surface area contributed by atoms with Crippen LogP contribution in [0.5, 0.6) is 0 Å². The Morgan fingerprint density at radius 2 is 1.57 bits per heavy atom. The molecule has 0 aliphatic carbocycles. The first-order valence-corrected chi connectivity index (χ1v) is 7.93. The molecule has 0 bridgehead atoms. The molecular formula is C17H17Cl2NO3. The van der Waals surface area contributed by atoms with Gasteiger partial charge in [0, 0.05) is 0 Å². The molecule has 3 N–H and O–H groups in total. The van der Waals surface area contributed by atoms with E-state index < -0.39 is 29.5 Å². The molecule has 0 aliphatic rings. The van der Waals surface area contributed by atoms with Crippen molar-refractivity contribution in [1.29, 1.82) is 0 Å². The quantitative estimate of drug-likeness (QED) is 0.699. The van der Waals surface area contributed by atoms with Crippen LogP contribution in [0.25, 0.3) is 11.1 Å². The van der Waals surface area contributed by atoms with Crippen molar-refractivity contribution in [2.75, 3.05) is 6.61 Å². The van der Waals surface area contributed by atoms with Crippen molar-refractivity contribution >= 4 is 29.1 Å². The van der Waals surface area contributed by atoms with E-state index in [1.807, 2.05) is 42.5 Å². The number of aliphatic hydroxyl groups excluding tert-OH is 2. The van der Waals surface area contributed by atoms with Crippen LogP contribution in [0.2, 0.25) is 0 Å². The van der Waals surface area contributed by atoms with Gasteiger partial charge < -0.3 is 15.5 Å². The van der Waals surface area contributed by atoms with Gasteiger partial charge in [-0.1, -0.05) is 77.8 Å². The molecule has 1 amide bonds. The number of amides is 1. The summed E-state index contributed by atoms with van der Waals surface area (Å²) in [5.74, 6) is -0.660. The largest absolute Gasteiger partial charge is 0.394 e. The van der Waals surface area contributed by atoms with Crippen LogP contribution in [0.3, 0.4) is 0 Å².